The zero-order valence-electron chi connectivity index (χ0n) is 18.4. The van der Waals surface area contributed by atoms with Crippen LogP contribution in [0.2, 0.25) is 20.1 Å². The van der Waals surface area contributed by atoms with E-state index >= 15 is 0 Å². The monoisotopic (exact) mass is 559 g/mol. The van der Waals surface area contributed by atoms with Crippen molar-refractivity contribution in [2.45, 2.75) is 25.0 Å². The number of amides is 2. The molecule has 0 saturated carbocycles. The molecule has 1 atom stereocenters. The third-order valence-corrected chi connectivity index (χ3v) is 7.32. The van der Waals surface area contributed by atoms with Crippen LogP contribution in [0.5, 0.6) is 0 Å². The lowest BCUT2D eigenvalue weighted by molar-refractivity contribution is -0.113. The lowest BCUT2D eigenvalue weighted by atomic mass is 10.0. The van der Waals surface area contributed by atoms with Crippen molar-refractivity contribution < 1.29 is 9.59 Å². The second kappa shape index (κ2) is 11.6. The number of aromatic nitrogens is 3. The van der Waals surface area contributed by atoms with Gasteiger partial charge in [-0.2, -0.15) is 0 Å². The van der Waals surface area contributed by atoms with Gasteiger partial charge >= 0.3 is 0 Å². The number of thioether (sulfide) groups is 1. The second-order valence-electron chi connectivity index (χ2n) is 7.69. The van der Waals surface area contributed by atoms with E-state index in [9.17, 15) is 9.59 Å². The van der Waals surface area contributed by atoms with Crippen LogP contribution < -0.4 is 10.6 Å². The van der Waals surface area contributed by atoms with Crippen molar-refractivity contribution >= 4 is 75.7 Å². The molecule has 0 aliphatic heterocycles. The first-order valence-electron chi connectivity index (χ1n) is 10.1. The lowest BCUT2D eigenvalue weighted by Gasteiger charge is -2.22. The number of halogens is 4. The fraction of sp³-hybridized carbons (Fsp3) is 0.273. The van der Waals surface area contributed by atoms with Gasteiger partial charge in [-0.05, 0) is 42.3 Å². The minimum absolute atomic E-state index is 0.0189. The highest BCUT2D eigenvalue weighted by Gasteiger charge is 2.25. The van der Waals surface area contributed by atoms with Crippen molar-refractivity contribution in [3.8, 4) is 0 Å². The van der Waals surface area contributed by atoms with Crippen LogP contribution in [0.25, 0.3) is 0 Å². The van der Waals surface area contributed by atoms with Gasteiger partial charge in [-0.15, -0.1) is 10.2 Å². The van der Waals surface area contributed by atoms with Gasteiger partial charge in [0.05, 0.1) is 31.9 Å². The molecule has 0 radical (unpaired) electrons. The predicted octanol–water partition coefficient (Wildman–Crippen LogP) is 6.29. The molecule has 0 aliphatic carbocycles. The van der Waals surface area contributed by atoms with Crippen LogP contribution in [0.1, 0.15) is 36.1 Å². The van der Waals surface area contributed by atoms with E-state index in [0.29, 0.717) is 42.3 Å². The van der Waals surface area contributed by atoms with Crippen molar-refractivity contribution in [3.05, 3.63) is 67.9 Å². The van der Waals surface area contributed by atoms with E-state index in [1.54, 1.807) is 41.9 Å². The number of carbonyl (C=O) groups excluding carboxylic acids is 2. The number of anilines is 1. The normalized spacial score (nSPS) is 12.0. The molecule has 7 nitrogen and oxygen atoms in total. The lowest BCUT2D eigenvalue weighted by Crippen LogP contribution is -2.33. The Labute approximate surface area is 221 Å². The molecule has 0 saturated heterocycles. The van der Waals surface area contributed by atoms with Crippen LogP contribution in [-0.4, -0.2) is 32.3 Å². The van der Waals surface area contributed by atoms with E-state index in [1.807, 2.05) is 13.8 Å². The first-order chi connectivity index (χ1) is 16.1. The highest BCUT2D eigenvalue weighted by molar-refractivity contribution is 7.99. The number of nitrogens with zero attached hydrogens (tertiary/aromatic N) is 3. The van der Waals surface area contributed by atoms with E-state index in [-0.39, 0.29) is 23.5 Å². The minimum Gasteiger partial charge on any atom is -0.342 e. The Bertz CT molecular complexity index is 1220. The van der Waals surface area contributed by atoms with Gasteiger partial charge in [0.2, 0.25) is 5.91 Å². The fourth-order valence-electron chi connectivity index (χ4n) is 3.02. The maximum atomic E-state index is 12.8. The Balaban J connectivity index is 1.67. The number of benzene rings is 2. The molecule has 180 valence electrons. The summed E-state index contributed by atoms with van der Waals surface area (Å²) in [5.41, 5.74) is 0.930. The molecule has 0 fully saturated rings. The summed E-state index contributed by atoms with van der Waals surface area (Å²) in [6, 6.07) is 9.13. The van der Waals surface area contributed by atoms with E-state index in [1.165, 1.54) is 17.8 Å². The first kappa shape index (κ1) is 26.6. The predicted molar refractivity (Wildman–Crippen MR) is 138 cm³/mol. The highest BCUT2D eigenvalue weighted by Crippen LogP contribution is 2.27. The smallest absolute Gasteiger partial charge is 0.251 e. The standard InChI is InChI=1S/C22H21Cl4N5O2S/c1-11(2)19(28-21(33)12-4-6-14(23)16(25)8-12)20-29-30-22(31(20)3)34-10-18(32)27-13-5-7-15(24)17(26)9-13/h4-9,11,19H,10H2,1-3H3,(H,27,32)(H,28,33)/t19-/m1/s1. The number of hydrogen-bond donors (Lipinski definition) is 2. The van der Waals surface area contributed by atoms with Crippen LogP contribution in [0.15, 0.2) is 41.6 Å². The van der Waals surface area contributed by atoms with Gasteiger partial charge in [0.15, 0.2) is 11.0 Å². The van der Waals surface area contributed by atoms with Gasteiger partial charge in [0.1, 0.15) is 0 Å². The van der Waals surface area contributed by atoms with E-state index in [4.69, 9.17) is 46.4 Å². The fourth-order valence-corrected chi connectivity index (χ4v) is 4.33. The largest absolute Gasteiger partial charge is 0.342 e. The first-order valence-corrected chi connectivity index (χ1v) is 12.6. The Morgan fingerprint density at radius 2 is 1.62 bits per heavy atom. The van der Waals surface area contributed by atoms with Crippen molar-refractivity contribution in [3.63, 3.8) is 0 Å². The van der Waals surface area contributed by atoms with Gasteiger partial charge < -0.3 is 15.2 Å². The third kappa shape index (κ3) is 6.58. The van der Waals surface area contributed by atoms with Gasteiger partial charge in [-0.1, -0.05) is 72.0 Å². The third-order valence-electron chi connectivity index (χ3n) is 4.82. The second-order valence-corrected chi connectivity index (χ2v) is 10.3. The molecule has 0 bridgehead atoms. The van der Waals surface area contributed by atoms with Crippen LogP contribution in [-0.2, 0) is 11.8 Å². The van der Waals surface area contributed by atoms with Crippen LogP contribution >= 0.6 is 58.2 Å². The van der Waals surface area contributed by atoms with Crippen LogP contribution in [0, 0.1) is 5.92 Å². The summed E-state index contributed by atoms with van der Waals surface area (Å²) in [6.07, 6.45) is 0. The molecule has 0 aliphatic rings. The average molecular weight is 561 g/mol. The zero-order valence-corrected chi connectivity index (χ0v) is 22.2. The number of carbonyl (C=O) groups is 2. The summed E-state index contributed by atoms with van der Waals surface area (Å²) in [5, 5.41) is 16.2. The maximum absolute atomic E-state index is 12.8. The molecule has 0 unspecified atom stereocenters. The number of rotatable bonds is 8. The van der Waals surface area contributed by atoms with Gasteiger partial charge in [0, 0.05) is 18.3 Å². The molecule has 1 heterocycles. The highest BCUT2D eigenvalue weighted by atomic mass is 35.5. The van der Waals surface area contributed by atoms with Crippen molar-refractivity contribution in [1.29, 1.82) is 0 Å². The summed E-state index contributed by atoms with van der Waals surface area (Å²) in [4.78, 5) is 25.2. The average Bonchev–Trinajstić information content (AvgIpc) is 3.14. The van der Waals surface area contributed by atoms with Gasteiger partial charge in [-0.25, -0.2) is 0 Å². The summed E-state index contributed by atoms with van der Waals surface area (Å²) >= 11 is 25.1. The van der Waals surface area contributed by atoms with E-state index in [2.05, 4.69) is 20.8 Å². The Morgan fingerprint density at radius 1 is 0.971 bits per heavy atom. The molecule has 2 aromatic carbocycles. The molecule has 1 aromatic heterocycles. The summed E-state index contributed by atoms with van der Waals surface area (Å²) in [6.45, 7) is 3.93. The quantitative estimate of drug-likeness (QED) is 0.316. The Morgan fingerprint density at radius 3 is 2.24 bits per heavy atom. The number of nitrogens with one attached hydrogen (secondary N) is 2. The maximum Gasteiger partial charge on any atom is 0.251 e. The topological polar surface area (TPSA) is 88.9 Å². The number of hydrogen-bond acceptors (Lipinski definition) is 5. The summed E-state index contributed by atoms with van der Waals surface area (Å²) in [7, 11) is 1.79. The molecular formula is C22H21Cl4N5O2S. The van der Waals surface area contributed by atoms with E-state index < -0.39 is 6.04 Å². The minimum atomic E-state index is -0.418. The molecule has 2 amide bonds. The molecule has 3 aromatic rings. The van der Waals surface area contributed by atoms with Crippen molar-refractivity contribution in [1.82, 2.24) is 20.1 Å². The summed E-state index contributed by atoms with van der Waals surface area (Å²) in [5.74, 6) is 0.145. The Kier molecular flexibility index (Phi) is 9.12. The molecule has 2 N–H and O–H groups in total. The van der Waals surface area contributed by atoms with Crippen LogP contribution in [0.4, 0.5) is 5.69 Å². The van der Waals surface area contributed by atoms with Crippen molar-refractivity contribution in [2.75, 3.05) is 11.1 Å². The van der Waals surface area contributed by atoms with Crippen molar-refractivity contribution in [2.24, 2.45) is 13.0 Å². The Hall–Kier alpha value is -1.97. The van der Waals surface area contributed by atoms with Gasteiger partial charge in [-0.3, -0.25) is 9.59 Å². The van der Waals surface area contributed by atoms with E-state index in [0.717, 1.165) is 0 Å². The van der Waals surface area contributed by atoms with Crippen LogP contribution in [0.3, 0.4) is 0 Å². The molecule has 34 heavy (non-hydrogen) atoms. The SMILES string of the molecule is CC(C)[C@@H](NC(=O)c1ccc(Cl)c(Cl)c1)c1nnc(SCC(=O)Nc2ccc(Cl)c(Cl)c2)n1C. The molecule has 12 heteroatoms. The molecule has 0 spiro atoms. The molecule has 3 rings (SSSR count). The zero-order chi connectivity index (χ0) is 25.0. The van der Waals surface area contributed by atoms with Gasteiger partial charge in [0.25, 0.3) is 5.91 Å². The molecular weight excluding hydrogens is 540 g/mol. The summed E-state index contributed by atoms with van der Waals surface area (Å²) < 4.78 is 1.76.